The number of ether oxygens (including phenoxy) is 1. The molecular formula is C14H18Cl2N2O2. The number of carbonyl (C=O) groups is 1. The van der Waals surface area contributed by atoms with E-state index >= 15 is 0 Å². The molecule has 0 saturated carbocycles. The number of para-hydroxylation sites is 2. The highest BCUT2D eigenvalue weighted by Gasteiger charge is 2.10. The molecule has 0 aliphatic rings. The van der Waals surface area contributed by atoms with Crippen molar-refractivity contribution >= 4 is 41.0 Å². The maximum Gasteiger partial charge on any atom is 0.305 e. The lowest BCUT2D eigenvalue weighted by Gasteiger charge is -2.07. The number of aromatic nitrogens is 2. The molecule has 0 atom stereocenters. The van der Waals surface area contributed by atoms with Crippen LogP contribution in [0, 0.1) is 0 Å². The predicted octanol–water partition coefficient (Wildman–Crippen LogP) is 3.54. The van der Waals surface area contributed by atoms with Crippen LogP contribution >= 0.6 is 24.0 Å². The second-order valence-corrected chi connectivity index (χ2v) is 4.48. The fraction of sp³-hybridized carbons (Fsp3) is 0.429. The van der Waals surface area contributed by atoms with Crippen LogP contribution in [0.25, 0.3) is 11.0 Å². The maximum absolute atomic E-state index is 11.3. The lowest BCUT2D eigenvalue weighted by molar-refractivity contribution is -0.143. The van der Waals surface area contributed by atoms with Crippen LogP contribution in [0.2, 0.25) is 0 Å². The van der Waals surface area contributed by atoms with Crippen LogP contribution in [-0.4, -0.2) is 22.1 Å². The molecule has 0 unspecified atom stereocenters. The second kappa shape index (κ2) is 8.12. The van der Waals surface area contributed by atoms with E-state index in [1.165, 1.54) is 0 Å². The highest BCUT2D eigenvalue weighted by atomic mass is 35.5. The maximum atomic E-state index is 11.3. The summed E-state index contributed by atoms with van der Waals surface area (Å²) in [5.74, 6) is 1.06. The minimum atomic E-state index is -0.153. The summed E-state index contributed by atoms with van der Waals surface area (Å²) in [4.78, 5) is 15.8. The SMILES string of the molecule is CCOC(=O)CCCn1c(CCl)nc2ccccc21.Cl. The molecule has 2 aromatic rings. The standard InChI is InChI=1S/C14H17ClN2O2.ClH/c1-2-19-14(18)8-5-9-17-12-7-4-3-6-11(12)16-13(17)10-15;/h3-4,6-7H,2,5,8-10H2,1H3;1H. The minimum Gasteiger partial charge on any atom is -0.466 e. The van der Waals surface area contributed by atoms with E-state index in [-0.39, 0.29) is 18.4 Å². The Hall–Kier alpha value is -1.26. The Morgan fingerprint density at radius 1 is 1.40 bits per heavy atom. The Labute approximate surface area is 129 Å². The van der Waals surface area contributed by atoms with Crippen molar-refractivity contribution in [1.82, 2.24) is 9.55 Å². The number of halogens is 2. The molecule has 0 fully saturated rings. The minimum absolute atomic E-state index is 0. The van der Waals surface area contributed by atoms with Gasteiger partial charge in [0.05, 0.1) is 23.5 Å². The third-order valence-corrected chi connectivity index (χ3v) is 3.16. The van der Waals surface area contributed by atoms with Crippen LogP contribution in [0.4, 0.5) is 0 Å². The molecule has 110 valence electrons. The van der Waals surface area contributed by atoms with Crippen molar-refractivity contribution in [1.29, 1.82) is 0 Å². The zero-order valence-electron chi connectivity index (χ0n) is 11.3. The molecule has 1 heterocycles. The molecule has 1 aromatic carbocycles. The molecule has 0 bridgehead atoms. The summed E-state index contributed by atoms with van der Waals surface area (Å²) in [5.41, 5.74) is 2.00. The number of carbonyl (C=O) groups excluding carboxylic acids is 1. The summed E-state index contributed by atoms with van der Waals surface area (Å²) in [5, 5.41) is 0. The number of imidazole rings is 1. The predicted molar refractivity (Wildman–Crippen MR) is 82.4 cm³/mol. The number of alkyl halides is 1. The van der Waals surface area contributed by atoms with Gasteiger partial charge in [0.25, 0.3) is 0 Å². The fourth-order valence-corrected chi connectivity index (χ4v) is 2.30. The first-order chi connectivity index (χ1) is 9.26. The van der Waals surface area contributed by atoms with Crippen molar-refractivity contribution in [2.24, 2.45) is 0 Å². The normalized spacial score (nSPS) is 10.3. The van der Waals surface area contributed by atoms with E-state index in [0.717, 1.165) is 29.8 Å². The van der Waals surface area contributed by atoms with Crippen LogP contribution < -0.4 is 0 Å². The molecule has 2 rings (SSSR count). The van der Waals surface area contributed by atoms with Gasteiger partial charge in [0.1, 0.15) is 5.82 Å². The van der Waals surface area contributed by atoms with Gasteiger partial charge >= 0.3 is 5.97 Å². The van der Waals surface area contributed by atoms with Crippen molar-refractivity contribution in [2.45, 2.75) is 32.2 Å². The third-order valence-electron chi connectivity index (χ3n) is 2.92. The number of hydrogen-bond donors (Lipinski definition) is 0. The van der Waals surface area contributed by atoms with Crippen molar-refractivity contribution < 1.29 is 9.53 Å². The summed E-state index contributed by atoms with van der Waals surface area (Å²) >= 11 is 5.92. The van der Waals surface area contributed by atoms with Crippen molar-refractivity contribution in [3.63, 3.8) is 0 Å². The number of benzene rings is 1. The molecule has 0 amide bonds. The quantitative estimate of drug-likeness (QED) is 0.604. The van der Waals surface area contributed by atoms with E-state index in [4.69, 9.17) is 16.3 Å². The van der Waals surface area contributed by atoms with E-state index in [1.807, 2.05) is 31.2 Å². The Morgan fingerprint density at radius 2 is 2.15 bits per heavy atom. The molecule has 0 aliphatic heterocycles. The molecule has 0 N–H and O–H groups in total. The first-order valence-corrected chi connectivity index (χ1v) is 6.95. The van der Waals surface area contributed by atoms with Gasteiger partial charge in [-0.05, 0) is 25.5 Å². The first kappa shape index (κ1) is 16.8. The van der Waals surface area contributed by atoms with Crippen LogP contribution in [-0.2, 0) is 22.0 Å². The Morgan fingerprint density at radius 3 is 2.85 bits per heavy atom. The van der Waals surface area contributed by atoms with Crippen LogP contribution in [0.1, 0.15) is 25.6 Å². The summed E-state index contributed by atoms with van der Waals surface area (Å²) in [6.45, 7) is 2.97. The number of nitrogens with zero attached hydrogens (tertiary/aromatic N) is 2. The van der Waals surface area contributed by atoms with Gasteiger partial charge < -0.3 is 9.30 Å². The van der Waals surface area contributed by atoms with Gasteiger partial charge in [-0.1, -0.05) is 12.1 Å². The molecule has 0 spiro atoms. The zero-order valence-corrected chi connectivity index (χ0v) is 12.9. The van der Waals surface area contributed by atoms with Gasteiger partial charge in [-0.3, -0.25) is 4.79 Å². The van der Waals surface area contributed by atoms with Crippen LogP contribution in [0.3, 0.4) is 0 Å². The molecule has 6 heteroatoms. The molecule has 4 nitrogen and oxygen atoms in total. The summed E-state index contributed by atoms with van der Waals surface area (Å²) < 4.78 is 6.99. The number of hydrogen-bond acceptors (Lipinski definition) is 3. The largest absolute Gasteiger partial charge is 0.466 e. The molecule has 20 heavy (non-hydrogen) atoms. The first-order valence-electron chi connectivity index (χ1n) is 6.42. The average Bonchev–Trinajstić information content (AvgIpc) is 2.77. The van der Waals surface area contributed by atoms with Gasteiger partial charge in [-0.25, -0.2) is 4.98 Å². The smallest absolute Gasteiger partial charge is 0.305 e. The fourth-order valence-electron chi connectivity index (χ4n) is 2.09. The van der Waals surface area contributed by atoms with Gasteiger partial charge in [0, 0.05) is 13.0 Å². The van der Waals surface area contributed by atoms with Gasteiger partial charge in [-0.15, -0.1) is 24.0 Å². The molecular weight excluding hydrogens is 299 g/mol. The summed E-state index contributed by atoms with van der Waals surface area (Å²) in [6, 6.07) is 7.91. The number of rotatable bonds is 6. The van der Waals surface area contributed by atoms with E-state index in [0.29, 0.717) is 18.9 Å². The van der Waals surface area contributed by atoms with E-state index < -0.39 is 0 Å². The van der Waals surface area contributed by atoms with E-state index in [2.05, 4.69) is 9.55 Å². The van der Waals surface area contributed by atoms with E-state index in [1.54, 1.807) is 0 Å². The third kappa shape index (κ3) is 3.87. The van der Waals surface area contributed by atoms with Gasteiger partial charge in [0.15, 0.2) is 0 Å². The van der Waals surface area contributed by atoms with Crippen molar-refractivity contribution in [3.8, 4) is 0 Å². The summed E-state index contributed by atoms with van der Waals surface area (Å²) in [6.07, 6.45) is 1.14. The van der Waals surface area contributed by atoms with Gasteiger partial charge in [-0.2, -0.15) is 0 Å². The molecule has 0 aliphatic carbocycles. The lowest BCUT2D eigenvalue weighted by atomic mass is 10.3. The number of aryl methyl sites for hydroxylation is 1. The molecule has 0 radical (unpaired) electrons. The van der Waals surface area contributed by atoms with E-state index in [9.17, 15) is 4.79 Å². The Kier molecular flexibility index (Phi) is 6.82. The summed E-state index contributed by atoms with van der Waals surface area (Å²) in [7, 11) is 0. The molecule has 1 aromatic heterocycles. The Bertz CT molecular complexity index is 569. The zero-order chi connectivity index (χ0) is 13.7. The van der Waals surface area contributed by atoms with Gasteiger partial charge in [0.2, 0.25) is 0 Å². The van der Waals surface area contributed by atoms with Crippen molar-refractivity contribution in [2.75, 3.05) is 6.61 Å². The topological polar surface area (TPSA) is 44.1 Å². The monoisotopic (exact) mass is 316 g/mol. The van der Waals surface area contributed by atoms with Crippen molar-refractivity contribution in [3.05, 3.63) is 30.1 Å². The highest BCUT2D eigenvalue weighted by molar-refractivity contribution is 6.16. The highest BCUT2D eigenvalue weighted by Crippen LogP contribution is 2.18. The average molecular weight is 317 g/mol. The molecule has 0 saturated heterocycles. The van der Waals surface area contributed by atoms with Crippen LogP contribution in [0.5, 0.6) is 0 Å². The lowest BCUT2D eigenvalue weighted by Crippen LogP contribution is -2.07. The number of esters is 1. The second-order valence-electron chi connectivity index (χ2n) is 4.21. The Balaban J connectivity index is 0.00000200. The number of fused-ring (bicyclic) bond motifs is 1. The van der Waals surface area contributed by atoms with Crippen LogP contribution in [0.15, 0.2) is 24.3 Å².